The minimum absolute atomic E-state index is 0.0593. The topological polar surface area (TPSA) is 55.2 Å². The number of aromatic nitrogens is 2. The predicted molar refractivity (Wildman–Crippen MR) is 95.2 cm³/mol. The van der Waals surface area contributed by atoms with Crippen LogP contribution in [0.25, 0.3) is 10.8 Å². The summed E-state index contributed by atoms with van der Waals surface area (Å²) in [6, 6.07) is 7.52. The molecule has 0 bridgehead atoms. The molecule has 0 N–H and O–H groups in total. The van der Waals surface area contributed by atoms with Gasteiger partial charge >= 0.3 is 0 Å². The van der Waals surface area contributed by atoms with E-state index < -0.39 is 0 Å². The highest BCUT2D eigenvalue weighted by Gasteiger charge is 2.27. The van der Waals surface area contributed by atoms with Gasteiger partial charge in [-0.15, -0.1) is 0 Å². The highest BCUT2D eigenvalue weighted by molar-refractivity contribution is 6.04. The molecule has 5 nitrogen and oxygen atoms in total. The maximum atomic E-state index is 13.1. The van der Waals surface area contributed by atoms with Crippen molar-refractivity contribution in [3.8, 4) is 0 Å². The Kier molecular flexibility index (Phi) is 4.69. The van der Waals surface area contributed by atoms with Crippen molar-refractivity contribution in [2.24, 2.45) is 5.92 Å². The third-order valence-corrected chi connectivity index (χ3v) is 4.67. The van der Waals surface area contributed by atoms with Crippen LogP contribution in [0.2, 0.25) is 0 Å². The van der Waals surface area contributed by atoms with Crippen LogP contribution in [0, 0.1) is 5.92 Å². The first-order valence-electron chi connectivity index (χ1n) is 8.80. The molecule has 5 heteroatoms. The van der Waals surface area contributed by atoms with E-state index in [0.29, 0.717) is 23.0 Å². The number of piperidine rings is 1. The van der Waals surface area contributed by atoms with E-state index in [1.807, 2.05) is 36.9 Å². The van der Waals surface area contributed by atoms with Crippen molar-refractivity contribution in [3.63, 3.8) is 0 Å². The van der Waals surface area contributed by atoms with Crippen molar-refractivity contribution in [2.75, 3.05) is 6.54 Å². The molecule has 1 atom stereocenters. The highest BCUT2D eigenvalue weighted by atomic mass is 16.2. The molecule has 1 aromatic heterocycles. The van der Waals surface area contributed by atoms with Gasteiger partial charge in [0.2, 0.25) is 0 Å². The smallest absolute Gasteiger partial charge is 0.275 e. The Bertz CT molecular complexity index is 810. The molecule has 1 amide bonds. The lowest BCUT2D eigenvalue weighted by Crippen LogP contribution is -2.43. The number of rotatable bonds is 3. The molecular weight excluding hydrogens is 302 g/mol. The van der Waals surface area contributed by atoms with Crippen molar-refractivity contribution >= 4 is 16.7 Å². The predicted octanol–water partition coefficient (Wildman–Crippen LogP) is 3.07. The zero-order valence-electron chi connectivity index (χ0n) is 14.7. The zero-order chi connectivity index (χ0) is 17.3. The second-order valence-electron chi connectivity index (χ2n) is 7.12. The van der Waals surface area contributed by atoms with Gasteiger partial charge in [-0.25, -0.2) is 4.68 Å². The van der Waals surface area contributed by atoms with Gasteiger partial charge in [0.25, 0.3) is 11.5 Å². The van der Waals surface area contributed by atoms with Crippen LogP contribution < -0.4 is 5.56 Å². The third kappa shape index (κ3) is 3.07. The lowest BCUT2D eigenvalue weighted by molar-refractivity contribution is 0.0628. The molecule has 2 heterocycles. The summed E-state index contributed by atoms with van der Waals surface area (Å²) in [5.74, 6) is 0.226. The quantitative estimate of drug-likeness (QED) is 0.870. The van der Waals surface area contributed by atoms with Gasteiger partial charge in [0.1, 0.15) is 0 Å². The molecule has 1 aliphatic heterocycles. The Morgan fingerprint density at radius 1 is 1.25 bits per heavy atom. The average Bonchev–Trinajstić information content (AvgIpc) is 2.57. The van der Waals surface area contributed by atoms with E-state index in [2.05, 4.69) is 12.0 Å². The molecule has 0 spiro atoms. The van der Waals surface area contributed by atoms with Crippen LogP contribution in [0.15, 0.2) is 29.1 Å². The number of benzene rings is 1. The molecule has 0 aliphatic carbocycles. The minimum Gasteiger partial charge on any atom is -0.335 e. The summed E-state index contributed by atoms with van der Waals surface area (Å²) in [4.78, 5) is 27.7. The Labute approximate surface area is 142 Å². The molecule has 128 valence electrons. The number of hydrogen-bond acceptors (Lipinski definition) is 3. The number of hydrogen-bond donors (Lipinski definition) is 0. The summed E-state index contributed by atoms with van der Waals surface area (Å²) in [5.41, 5.74) is 0.280. The molecule has 24 heavy (non-hydrogen) atoms. The van der Waals surface area contributed by atoms with Crippen LogP contribution in [0.3, 0.4) is 0 Å². The zero-order valence-corrected chi connectivity index (χ0v) is 14.7. The van der Waals surface area contributed by atoms with Gasteiger partial charge < -0.3 is 4.90 Å². The van der Waals surface area contributed by atoms with E-state index >= 15 is 0 Å². The van der Waals surface area contributed by atoms with E-state index in [0.717, 1.165) is 25.8 Å². The lowest BCUT2D eigenvalue weighted by atomic mass is 10.0. The highest BCUT2D eigenvalue weighted by Crippen LogP contribution is 2.21. The molecule has 1 fully saturated rings. The first-order chi connectivity index (χ1) is 11.5. The second kappa shape index (κ2) is 6.75. The van der Waals surface area contributed by atoms with Gasteiger partial charge in [0, 0.05) is 24.5 Å². The van der Waals surface area contributed by atoms with Crippen molar-refractivity contribution < 1.29 is 4.79 Å². The Morgan fingerprint density at radius 2 is 1.96 bits per heavy atom. The minimum atomic E-state index is -0.123. The van der Waals surface area contributed by atoms with Crippen molar-refractivity contribution in [1.29, 1.82) is 0 Å². The molecule has 0 radical (unpaired) electrons. The first kappa shape index (κ1) is 16.7. The van der Waals surface area contributed by atoms with Crippen LogP contribution in [-0.2, 0) is 6.54 Å². The van der Waals surface area contributed by atoms with E-state index in [-0.39, 0.29) is 23.4 Å². The summed E-state index contributed by atoms with van der Waals surface area (Å²) in [5, 5.41) is 5.69. The van der Waals surface area contributed by atoms with E-state index in [1.165, 1.54) is 4.68 Å². The number of carbonyl (C=O) groups excluding carboxylic acids is 1. The fourth-order valence-corrected chi connectivity index (χ4v) is 3.40. The maximum absolute atomic E-state index is 13.1. The standard InChI is InChI=1S/C19H25N3O2/c1-13(2)12-22-18(23)16-10-5-4-9-15(16)17(20-22)19(24)21-11-7-6-8-14(21)3/h4-5,9-10,13-14H,6-8,11-12H2,1-3H3. The first-order valence-corrected chi connectivity index (χ1v) is 8.80. The largest absolute Gasteiger partial charge is 0.335 e. The molecule has 1 saturated heterocycles. The van der Waals surface area contributed by atoms with Crippen LogP contribution in [0.4, 0.5) is 0 Å². The summed E-state index contributed by atoms with van der Waals surface area (Å²) < 4.78 is 1.45. The van der Waals surface area contributed by atoms with Gasteiger partial charge in [-0.3, -0.25) is 9.59 Å². The number of likely N-dealkylation sites (tertiary alicyclic amines) is 1. The van der Waals surface area contributed by atoms with E-state index in [1.54, 1.807) is 6.07 Å². The Balaban J connectivity index is 2.13. The molecule has 0 saturated carbocycles. The van der Waals surface area contributed by atoms with Gasteiger partial charge in [0.05, 0.1) is 5.39 Å². The summed E-state index contributed by atoms with van der Waals surface area (Å²) in [6.45, 7) is 7.44. The second-order valence-corrected chi connectivity index (χ2v) is 7.12. The van der Waals surface area contributed by atoms with E-state index in [9.17, 15) is 9.59 Å². The Hall–Kier alpha value is -2.17. The molecule has 3 rings (SSSR count). The van der Waals surface area contributed by atoms with Crippen molar-refractivity contribution in [3.05, 3.63) is 40.3 Å². The van der Waals surface area contributed by atoms with Crippen LogP contribution >= 0.6 is 0 Å². The van der Waals surface area contributed by atoms with Gasteiger partial charge in [-0.1, -0.05) is 32.0 Å². The molecule has 1 aliphatic rings. The normalized spacial score (nSPS) is 18.3. The van der Waals surface area contributed by atoms with Crippen LogP contribution in [0.5, 0.6) is 0 Å². The lowest BCUT2D eigenvalue weighted by Gasteiger charge is -2.33. The monoisotopic (exact) mass is 327 g/mol. The third-order valence-electron chi connectivity index (χ3n) is 4.67. The van der Waals surface area contributed by atoms with Crippen molar-refractivity contribution in [1.82, 2.24) is 14.7 Å². The van der Waals surface area contributed by atoms with Gasteiger partial charge in [-0.05, 0) is 38.2 Å². The van der Waals surface area contributed by atoms with Crippen LogP contribution in [-0.4, -0.2) is 33.2 Å². The summed E-state index contributed by atoms with van der Waals surface area (Å²) >= 11 is 0. The van der Waals surface area contributed by atoms with E-state index in [4.69, 9.17) is 0 Å². The molecule has 2 aromatic rings. The summed E-state index contributed by atoms with van der Waals surface area (Å²) in [6.07, 6.45) is 3.21. The maximum Gasteiger partial charge on any atom is 0.275 e. The number of carbonyl (C=O) groups is 1. The number of amides is 1. The number of fused-ring (bicyclic) bond motifs is 1. The van der Waals surface area contributed by atoms with Gasteiger partial charge in [0.15, 0.2) is 5.69 Å². The fourth-order valence-electron chi connectivity index (χ4n) is 3.40. The Morgan fingerprint density at radius 3 is 2.62 bits per heavy atom. The molecule has 1 aromatic carbocycles. The molecular formula is C19H25N3O2. The van der Waals surface area contributed by atoms with Gasteiger partial charge in [-0.2, -0.15) is 5.10 Å². The summed E-state index contributed by atoms with van der Waals surface area (Å²) in [7, 11) is 0. The SMILES string of the molecule is CC(C)Cn1nc(C(=O)N2CCCCC2C)c2ccccc2c1=O. The molecule has 1 unspecified atom stereocenters. The number of nitrogens with zero attached hydrogens (tertiary/aromatic N) is 3. The fraction of sp³-hybridized carbons (Fsp3) is 0.526. The van der Waals surface area contributed by atoms with Crippen LogP contribution in [0.1, 0.15) is 50.5 Å². The van der Waals surface area contributed by atoms with Crippen molar-refractivity contribution in [2.45, 2.75) is 52.6 Å². The average molecular weight is 327 g/mol.